The van der Waals surface area contributed by atoms with Gasteiger partial charge < -0.3 is 30.9 Å². The Morgan fingerprint density at radius 3 is 2.11 bits per heavy atom. The summed E-state index contributed by atoms with van der Waals surface area (Å²) in [6.45, 7) is 1.61. The number of ether oxygens (including phenoxy) is 1. The van der Waals surface area contributed by atoms with Crippen LogP contribution in [0.25, 0.3) is 0 Å². The second kappa shape index (κ2) is 7.54. The van der Waals surface area contributed by atoms with Crippen LogP contribution in [0, 0.1) is 6.92 Å². The molecule has 6 N–H and O–H groups in total. The third-order valence-corrected chi connectivity index (χ3v) is 2.89. The molecule has 1 aromatic rings. The average Bonchev–Trinajstić information content (AvgIpc) is 2.42. The molecule has 0 aliphatic carbocycles. The number of aryl methyl sites for hydroxylation is 1. The fraction of sp³-hybridized carbons (Fsp3) is 0.538. The quantitative estimate of drug-likeness (QED) is 0.435. The maximum absolute atomic E-state index is 9.20. The summed E-state index contributed by atoms with van der Waals surface area (Å²) in [5.74, 6) is 0. The molecule has 0 aromatic heterocycles. The van der Waals surface area contributed by atoms with Gasteiger partial charge in [-0.25, -0.2) is 0 Å². The Kier molecular flexibility index (Phi) is 6.36. The SMILES string of the molecule is Cc1ccccc1.N[C@H]1C(O)O[C@H](CO)[C@H](O)[C@@H]1O. The number of aliphatic hydroxyl groups is 4. The van der Waals surface area contributed by atoms with Crippen LogP contribution in [0.5, 0.6) is 0 Å². The van der Waals surface area contributed by atoms with Crippen LogP contribution in [0.4, 0.5) is 0 Å². The zero-order chi connectivity index (χ0) is 14.4. The van der Waals surface area contributed by atoms with Gasteiger partial charge in [0, 0.05) is 0 Å². The molecular weight excluding hydrogens is 250 g/mol. The number of rotatable bonds is 1. The summed E-state index contributed by atoms with van der Waals surface area (Å²) < 4.78 is 4.70. The first-order chi connectivity index (χ1) is 8.97. The first-order valence-electron chi connectivity index (χ1n) is 6.05. The maximum Gasteiger partial charge on any atom is 0.173 e. The Labute approximate surface area is 112 Å². The molecule has 1 heterocycles. The van der Waals surface area contributed by atoms with Crippen molar-refractivity contribution in [1.29, 1.82) is 0 Å². The van der Waals surface area contributed by atoms with Gasteiger partial charge >= 0.3 is 0 Å². The van der Waals surface area contributed by atoms with E-state index in [9.17, 15) is 10.2 Å². The molecule has 2 rings (SSSR count). The molecule has 0 saturated carbocycles. The van der Waals surface area contributed by atoms with Crippen LogP contribution in [-0.2, 0) is 4.74 Å². The summed E-state index contributed by atoms with van der Waals surface area (Å²) in [5, 5.41) is 36.1. The van der Waals surface area contributed by atoms with Crippen molar-refractivity contribution < 1.29 is 25.2 Å². The highest BCUT2D eigenvalue weighted by molar-refractivity contribution is 5.11. The molecule has 1 unspecified atom stereocenters. The smallest absolute Gasteiger partial charge is 0.173 e. The molecule has 6 nitrogen and oxygen atoms in total. The van der Waals surface area contributed by atoms with Gasteiger partial charge in [-0.3, -0.25) is 0 Å². The highest BCUT2D eigenvalue weighted by Crippen LogP contribution is 2.17. The zero-order valence-electron chi connectivity index (χ0n) is 10.8. The molecule has 1 aliphatic heterocycles. The monoisotopic (exact) mass is 271 g/mol. The third kappa shape index (κ3) is 4.54. The van der Waals surface area contributed by atoms with Gasteiger partial charge in [0.1, 0.15) is 18.3 Å². The Morgan fingerprint density at radius 2 is 1.68 bits per heavy atom. The Bertz CT molecular complexity index is 357. The minimum absolute atomic E-state index is 0.470. The molecule has 1 aliphatic rings. The van der Waals surface area contributed by atoms with E-state index in [-0.39, 0.29) is 0 Å². The van der Waals surface area contributed by atoms with Crippen molar-refractivity contribution in [3.05, 3.63) is 35.9 Å². The molecule has 0 bridgehead atoms. The lowest BCUT2D eigenvalue weighted by atomic mass is 9.98. The molecule has 19 heavy (non-hydrogen) atoms. The van der Waals surface area contributed by atoms with Crippen LogP contribution in [0.3, 0.4) is 0 Å². The van der Waals surface area contributed by atoms with E-state index >= 15 is 0 Å². The average molecular weight is 271 g/mol. The maximum atomic E-state index is 9.20. The van der Waals surface area contributed by atoms with E-state index in [4.69, 9.17) is 20.7 Å². The number of aliphatic hydroxyl groups excluding tert-OH is 4. The zero-order valence-corrected chi connectivity index (χ0v) is 10.8. The van der Waals surface area contributed by atoms with Crippen LogP contribution in [-0.4, -0.2) is 57.7 Å². The van der Waals surface area contributed by atoms with E-state index in [1.165, 1.54) is 5.56 Å². The van der Waals surface area contributed by atoms with Crippen LogP contribution >= 0.6 is 0 Å². The van der Waals surface area contributed by atoms with Gasteiger partial charge in [-0.1, -0.05) is 35.9 Å². The van der Waals surface area contributed by atoms with Crippen molar-refractivity contribution >= 4 is 0 Å². The summed E-state index contributed by atoms with van der Waals surface area (Å²) in [6, 6.07) is 9.22. The van der Waals surface area contributed by atoms with E-state index in [2.05, 4.69) is 19.1 Å². The molecule has 0 spiro atoms. The van der Waals surface area contributed by atoms with E-state index < -0.39 is 37.3 Å². The number of hydrogen-bond acceptors (Lipinski definition) is 6. The summed E-state index contributed by atoms with van der Waals surface area (Å²) in [4.78, 5) is 0. The van der Waals surface area contributed by atoms with Gasteiger partial charge in [-0.15, -0.1) is 0 Å². The molecule has 1 aromatic carbocycles. The van der Waals surface area contributed by atoms with Crippen molar-refractivity contribution in [3.63, 3.8) is 0 Å². The summed E-state index contributed by atoms with van der Waals surface area (Å²) in [7, 11) is 0. The van der Waals surface area contributed by atoms with Gasteiger partial charge in [0.25, 0.3) is 0 Å². The van der Waals surface area contributed by atoms with E-state index in [0.29, 0.717) is 0 Å². The molecule has 0 amide bonds. The fourth-order valence-electron chi connectivity index (χ4n) is 1.65. The lowest BCUT2D eigenvalue weighted by Crippen LogP contribution is -2.61. The molecule has 0 radical (unpaired) electrons. The van der Waals surface area contributed by atoms with Gasteiger partial charge in [0.2, 0.25) is 0 Å². The van der Waals surface area contributed by atoms with Crippen molar-refractivity contribution in [2.75, 3.05) is 6.61 Å². The molecule has 1 saturated heterocycles. The van der Waals surface area contributed by atoms with Crippen LogP contribution in [0.1, 0.15) is 5.56 Å². The minimum atomic E-state index is -1.35. The Morgan fingerprint density at radius 1 is 1.11 bits per heavy atom. The van der Waals surface area contributed by atoms with Gasteiger partial charge in [0.15, 0.2) is 6.29 Å². The van der Waals surface area contributed by atoms with Crippen LogP contribution in [0.15, 0.2) is 30.3 Å². The number of nitrogens with two attached hydrogens (primary N) is 1. The van der Waals surface area contributed by atoms with Crippen LogP contribution < -0.4 is 5.73 Å². The third-order valence-electron chi connectivity index (χ3n) is 2.89. The lowest BCUT2D eigenvalue weighted by molar-refractivity contribution is -0.248. The highest BCUT2D eigenvalue weighted by atomic mass is 16.6. The molecule has 5 atom stereocenters. The normalized spacial score (nSPS) is 34.3. The van der Waals surface area contributed by atoms with Crippen molar-refractivity contribution in [3.8, 4) is 0 Å². The van der Waals surface area contributed by atoms with Crippen molar-refractivity contribution in [2.45, 2.75) is 37.6 Å². The number of hydrogen-bond donors (Lipinski definition) is 5. The number of benzene rings is 1. The summed E-state index contributed by atoms with van der Waals surface area (Å²) >= 11 is 0. The van der Waals surface area contributed by atoms with E-state index in [1.807, 2.05) is 18.2 Å². The minimum Gasteiger partial charge on any atom is -0.394 e. The Balaban J connectivity index is 0.000000218. The second-order valence-corrected chi connectivity index (χ2v) is 4.46. The Hall–Kier alpha value is -1.02. The second-order valence-electron chi connectivity index (χ2n) is 4.46. The standard InChI is InChI=1S/C7H8.C6H13NO5/c1-7-5-3-2-4-6-7;7-3-5(10)4(9)2(1-8)12-6(3)11/h2-6H,1H3;2-6,8-11H,1,7H2/t;2-,3-,4+,5-,6?/m.1/s1. The van der Waals surface area contributed by atoms with Gasteiger partial charge in [-0.05, 0) is 6.92 Å². The summed E-state index contributed by atoms with van der Waals surface area (Å²) in [5.41, 5.74) is 6.58. The van der Waals surface area contributed by atoms with Gasteiger partial charge in [-0.2, -0.15) is 0 Å². The molecule has 1 fully saturated rings. The van der Waals surface area contributed by atoms with Gasteiger partial charge in [0.05, 0.1) is 12.6 Å². The van der Waals surface area contributed by atoms with Crippen molar-refractivity contribution in [2.24, 2.45) is 5.73 Å². The largest absolute Gasteiger partial charge is 0.394 e. The molecule has 108 valence electrons. The molecular formula is C13H21NO5. The predicted octanol–water partition coefficient (Wildman–Crippen LogP) is -1.26. The topological polar surface area (TPSA) is 116 Å². The van der Waals surface area contributed by atoms with Crippen LogP contribution in [0.2, 0.25) is 0 Å². The van der Waals surface area contributed by atoms with Crippen molar-refractivity contribution in [1.82, 2.24) is 0 Å². The fourth-order valence-corrected chi connectivity index (χ4v) is 1.65. The lowest BCUT2D eigenvalue weighted by Gasteiger charge is -2.38. The molecule has 6 heteroatoms. The predicted molar refractivity (Wildman–Crippen MR) is 69.1 cm³/mol. The van der Waals surface area contributed by atoms with E-state index in [0.717, 1.165) is 0 Å². The first kappa shape index (κ1) is 16.0. The van der Waals surface area contributed by atoms with E-state index in [1.54, 1.807) is 0 Å². The summed E-state index contributed by atoms with van der Waals surface area (Å²) in [6.07, 6.45) is -4.85. The first-order valence-corrected chi connectivity index (χ1v) is 6.05. The highest BCUT2D eigenvalue weighted by Gasteiger charge is 2.41.